The molecule has 0 aromatic heterocycles. The van der Waals surface area contributed by atoms with E-state index in [2.05, 4.69) is 21.2 Å². The number of rotatable bonds is 5. The lowest BCUT2D eigenvalue weighted by Crippen LogP contribution is -2.14. The van der Waals surface area contributed by atoms with Crippen LogP contribution in [0, 0.1) is 0 Å². The third-order valence-corrected chi connectivity index (χ3v) is 2.24. The minimum Gasteiger partial charge on any atom is -0.489 e. The quantitative estimate of drug-likeness (QED) is 0.844. The lowest BCUT2D eigenvalue weighted by Gasteiger charge is -2.14. The van der Waals surface area contributed by atoms with Crippen molar-refractivity contribution in [1.29, 1.82) is 0 Å². The second-order valence-corrected chi connectivity index (χ2v) is 4.44. The molecule has 1 aromatic rings. The summed E-state index contributed by atoms with van der Waals surface area (Å²) in [6, 6.07) is 7.45. The van der Waals surface area contributed by atoms with Gasteiger partial charge in [-0.25, -0.2) is 0 Å². The van der Waals surface area contributed by atoms with Gasteiger partial charge in [-0.15, -0.1) is 0 Å². The molecule has 0 fully saturated rings. The first-order chi connectivity index (χ1) is 7.63. The molecule has 0 bridgehead atoms. The zero-order valence-electron chi connectivity index (χ0n) is 9.50. The maximum Gasteiger partial charge on any atom is 0.225 e. The van der Waals surface area contributed by atoms with Gasteiger partial charge < -0.3 is 10.1 Å². The van der Waals surface area contributed by atoms with E-state index in [0.29, 0.717) is 17.5 Å². The van der Waals surface area contributed by atoms with E-state index in [1.165, 1.54) is 0 Å². The smallest absolute Gasteiger partial charge is 0.225 e. The number of anilines is 1. The van der Waals surface area contributed by atoms with Crippen LogP contribution in [0.3, 0.4) is 0 Å². The number of hydrogen-bond acceptors (Lipinski definition) is 2. The van der Waals surface area contributed by atoms with E-state index in [4.69, 9.17) is 4.74 Å². The molecule has 0 aliphatic carbocycles. The highest BCUT2D eigenvalue weighted by Gasteiger charge is 2.07. The average Bonchev–Trinajstić information content (AvgIpc) is 2.20. The Balaban J connectivity index is 2.74. The lowest BCUT2D eigenvalue weighted by molar-refractivity contribution is -0.115. The second kappa shape index (κ2) is 6.53. The van der Waals surface area contributed by atoms with Crippen LogP contribution in [0.15, 0.2) is 24.3 Å². The molecule has 0 unspecified atom stereocenters. The molecule has 4 heteroatoms. The summed E-state index contributed by atoms with van der Waals surface area (Å²) in [4.78, 5) is 11.5. The molecule has 0 saturated heterocycles. The van der Waals surface area contributed by atoms with Crippen molar-refractivity contribution < 1.29 is 9.53 Å². The van der Waals surface area contributed by atoms with Crippen molar-refractivity contribution in [3.8, 4) is 5.75 Å². The Labute approximate surface area is 104 Å². The predicted octanol–water partition coefficient (Wildman–Crippen LogP) is 3.20. The number of ether oxygens (including phenoxy) is 1. The summed E-state index contributed by atoms with van der Waals surface area (Å²) in [5.74, 6) is 0.692. The van der Waals surface area contributed by atoms with Crippen LogP contribution in [-0.4, -0.2) is 17.3 Å². The fraction of sp³-hybridized carbons (Fsp3) is 0.417. The number of nitrogens with one attached hydrogen (secondary N) is 1. The first kappa shape index (κ1) is 13.0. The highest BCUT2D eigenvalue weighted by Crippen LogP contribution is 2.24. The molecule has 0 aliphatic heterocycles. The van der Waals surface area contributed by atoms with Crippen molar-refractivity contribution in [3.63, 3.8) is 0 Å². The van der Waals surface area contributed by atoms with E-state index in [1.807, 2.05) is 38.1 Å². The third kappa shape index (κ3) is 4.23. The van der Waals surface area contributed by atoms with Crippen molar-refractivity contribution in [1.82, 2.24) is 0 Å². The molecule has 88 valence electrons. The highest BCUT2D eigenvalue weighted by atomic mass is 79.9. The lowest BCUT2D eigenvalue weighted by atomic mass is 10.2. The van der Waals surface area contributed by atoms with Crippen molar-refractivity contribution in [3.05, 3.63) is 24.3 Å². The maximum atomic E-state index is 11.5. The summed E-state index contributed by atoms with van der Waals surface area (Å²) in [6.07, 6.45) is 0.546. The fourth-order valence-corrected chi connectivity index (χ4v) is 1.59. The molecule has 0 atom stereocenters. The molecular formula is C12H16BrNO2. The summed E-state index contributed by atoms with van der Waals surface area (Å²) in [7, 11) is 0. The van der Waals surface area contributed by atoms with Crippen LogP contribution in [0.1, 0.15) is 20.3 Å². The number of para-hydroxylation sites is 2. The molecule has 16 heavy (non-hydrogen) atoms. The monoisotopic (exact) mass is 285 g/mol. The minimum absolute atomic E-state index is 0.0170. The van der Waals surface area contributed by atoms with Crippen LogP contribution in [0.4, 0.5) is 5.69 Å². The molecule has 0 spiro atoms. The first-order valence-corrected chi connectivity index (χ1v) is 6.37. The largest absolute Gasteiger partial charge is 0.489 e. The van der Waals surface area contributed by atoms with E-state index in [0.717, 1.165) is 5.69 Å². The van der Waals surface area contributed by atoms with Crippen molar-refractivity contribution in [2.45, 2.75) is 26.4 Å². The van der Waals surface area contributed by atoms with Crippen LogP contribution >= 0.6 is 15.9 Å². The van der Waals surface area contributed by atoms with Crippen LogP contribution in [0.25, 0.3) is 0 Å². The van der Waals surface area contributed by atoms with E-state index in [1.54, 1.807) is 0 Å². The molecule has 1 amide bonds. The summed E-state index contributed by atoms with van der Waals surface area (Å²) in [5, 5.41) is 3.48. The van der Waals surface area contributed by atoms with Gasteiger partial charge in [0.05, 0.1) is 11.8 Å². The highest BCUT2D eigenvalue weighted by molar-refractivity contribution is 9.09. The summed E-state index contributed by atoms with van der Waals surface area (Å²) < 4.78 is 5.60. The van der Waals surface area contributed by atoms with Crippen LogP contribution in [-0.2, 0) is 4.79 Å². The first-order valence-electron chi connectivity index (χ1n) is 5.25. The van der Waals surface area contributed by atoms with Gasteiger partial charge in [-0.05, 0) is 26.0 Å². The minimum atomic E-state index is -0.0170. The average molecular weight is 286 g/mol. The fourth-order valence-electron chi connectivity index (χ4n) is 1.23. The Morgan fingerprint density at radius 2 is 2.12 bits per heavy atom. The molecule has 0 aliphatic rings. The topological polar surface area (TPSA) is 38.3 Å². The Morgan fingerprint density at radius 1 is 1.44 bits per heavy atom. The second-order valence-electron chi connectivity index (χ2n) is 3.65. The van der Waals surface area contributed by atoms with Gasteiger partial charge in [0, 0.05) is 11.8 Å². The van der Waals surface area contributed by atoms with Crippen molar-refractivity contribution in [2.75, 3.05) is 10.6 Å². The molecular weight excluding hydrogens is 270 g/mol. The number of carbonyl (C=O) groups excluding carboxylic acids is 1. The van der Waals surface area contributed by atoms with Crippen molar-refractivity contribution in [2.24, 2.45) is 0 Å². The number of hydrogen-bond donors (Lipinski definition) is 1. The van der Waals surface area contributed by atoms with E-state index < -0.39 is 0 Å². The van der Waals surface area contributed by atoms with E-state index in [9.17, 15) is 4.79 Å². The van der Waals surface area contributed by atoms with Gasteiger partial charge in [-0.3, -0.25) is 4.79 Å². The third-order valence-electron chi connectivity index (χ3n) is 1.85. The van der Waals surface area contributed by atoms with Gasteiger partial charge in [-0.2, -0.15) is 0 Å². The Kier molecular flexibility index (Phi) is 5.32. The normalized spacial score (nSPS) is 10.2. The van der Waals surface area contributed by atoms with Gasteiger partial charge in [0.1, 0.15) is 5.75 Å². The van der Waals surface area contributed by atoms with Crippen LogP contribution in [0.2, 0.25) is 0 Å². The summed E-state index contributed by atoms with van der Waals surface area (Å²) in [5.41, 5.74) is 0.724. The molecule has 0 saturated carbocycles. The molecule has 1 aromatic carbocycles. The number of alkyl halides is 1. The molecule has 0 heterocycles. The van der Waals surface area contributed by atoms with Gasteiger partial charge in [0.2, 0.25) is 5.91 Å². The predicted molar refractivity (Wildman–Crippen MR) is 69.2 cm³/mol. The van der Waals surface area contributed by atoms with E-state index >= 15 is 0 Å². The molecule has 1 rings (SSSR count). The number of halogens is 1. The molecule has 3 nitrogen and oxygen atoms in total. The summed E-state index contributed by atoms with van der Waals surface area (Å²) in [6.45, 7) is 3.91. The number of benzene rings is 1. The van der Waals surface area contributed by atoms with Crippen LogP contribution in [0.5, 0.6) is 5.75 Å². The zero-order chi connectivity index (χ0) is 12.0. The van der Waals surface area contributed by atoms with Gasteiger partial charge >= 0.3 is 0 Å². The zero-order valence-corrected chi connectivity index (χ0v) is 11.1. The van der Waals surface area contributed by atoms with Crippen LogP contribution < -0.4 is 10.1 Å². The van der Waals surface area contributed by atoms with Gasteiger partial charge in [0.15, 0.2) is 0 Å². The van der Waals surface area contributed by atoms with E-state index in [-0.39, 0.29) is 12.0 Å². The maximum absolute atomic E-state index is 11.5. The summed E-state index contributed by atoms with van der Waals surface area (Å²) >= 11 is 3.23. The SMILES string of the molecule is CC(C)Oc1ccccc1NC(=O)CCBr. The van der Waals surface area contributed by atoms with Crippen molar-refractivity contribution >= 4 is 27.5 Å². The molecule has 0 radical (unpaired) electrons. The standard InChI is InChI=1S/C12H16BrNO2/c1-9(2)16-11-6-4-3-5-10(11)14-12(15)7-8-13/h3-6,9H,7-8H2,1-2H3,(H,14,15). The molecule has 1 N–H and O–H groups in total. The number of amides is 1. The number of carbonyl (C=O) groups is 1. The Hall–Kier alpha value is -1.03. The Bertz CT molecular complexity index is 353. The van der Waals surface area contributed by atoms with Gasteiger partial charge in [-0.1, -0.05) is 28.1 Å². The Morgan fingerprint density at radius 3 is 2.75 bits per heavy atom. The van der Waals surface area contributed by atoms with Gasteiger partial charge in [0.25, 0.3) is 0 Å².